The Labute approximate surface area is 140 Å². The van der Waals surface area contributed by atoms with Crippen LogP contribution in [-0.4, -0.2) is 35.1 Å². The molecule has 1 unspecified atom stereocenters. The number of aryl methyl sites for hydroxylation is 1. The Morgan fingerprint density at radius 3 is 2.79 bits per heavy atom. The van der Waals surface area contributed by atoms with Crippen molar-refractivity contribution in [1.29, 1.82) is 0 Å². The molecule has 2 rings (SSSR count). The highest BCUT2D eigenvalue weighted by molar-refractivity contribution is 6.00. The summed E-state index contributed by atoms with van der Waals surface area (Å²) in [5, 5.41) is 5.07. The second-order valence-electron chi connectivity index (χ2n) is 5.75. The number of nitrogens with zero attached hydrogens (tertiary/aromatic N) is 1. The van der Waals surface area contributed by atoms with Crippen molar-refractivity contribution in [2.24, 2.45) is 0 Å². The molecule has 0 aliphatic carbocycles. The molecule has 0 radical (unpaired) electrons. The fourth-order valence-corrected chi connectivity index (χ4v) is 2.67. The number of nitrogens with one attached hydrogen (secondary N) is 2. The van der Waals surface area contributed by atoms with Crippen LogP contribution in [0.2, 0.25) is 0 Å². The maximum atomic E-state index is 12.0. The predicted molar refractivity (Wildman–Crippen MR) is 87.9 cm³/mol. The number of hydrogen-bond donors (Lipinski definition) is 2. The normalized spacial score (nSPS) is 17.2. The third kappa shape index (κ3) is 3.98. The largest absolute Gasteiger partial charge is 0.329 e. The molecule has 1 saturated heterocycles. The minimum Gasteiger partial charge on any atom is -0.329 e. The van der Waals surface area contributed by atoms with Crippen LogP contribution < -0.4 is 10.6 Å². The van der Waals surface area contributed by atoms with Gasteiger partial charge in [0.1, 0.15) is 6.04 Å². The Balaban J connectivity index is 2.24. The van der Waals surface area contributed by atoms with Crippen molar-refractivity contribution in [3.8, 4) is 0 Å². The number of imide groups is 1. The fourth-order valence-electron chi connectivity index (χ4n) is 2.67. The molecule has 1 fully saturated rings. The van der Waals surface area contributed by atoms with Crippen molar-refractivity contribution in [1.82, 2.24) is 10.2 Å². The summed E-state index contributed by atoms with van der Waals surface area (Å²) in [7, 11) is 0. The van der Waals surface area contributed by atoms with E-state index in [1.807, 2.05) is 19.1 Å². The van der Waals surface area contributed by atoms with Crippen LogP contribution in [0.15, 0.2) is 18.2 Å². The average molecular weight is 331 g/mol. The highest BCUT2D eigenvalue weighted by atomic mass is 16.2. The number of carbonyl (C=O) groups is 4. The summed E-state index contributed by atoms with van der Waals surface area (Å²) >= 11 is 0. The molecule has 1 aliphatic rings. The van der Waals surface area contributed by atoms with Gasteiger partial charge in [0.15, 0.2) is 0 Å². The molecule has 24 heavy (non-hydrogen) atoms. The quantitative estimate of drug-likeness (QED) is 0.603. The van der Waals surface area contributed by atoms with E-state index < -0.39 is 11.9 Å². The lowest BCUT2D eigenvalue weighted by Gasteiger charge is -2.30. The highest BCUT2D eigenvalue weighted by Gasteiger charge is 2.31. The zero-order chi connectivity index (χ0) is 17.7. The molecule has 1 atom stereocenters. The van der Waals surface area contributed by atoms with Crippen LogP contribution in [-0.2, 0) is 25.7 Å². The molecule has 1 aliphatic heterocycles. The van der Waals surface area contributed by atoms with E-state index in [2.05, 4.69) is 10.6 Å². The maximum Gasteiger partial charge on any atom is 0.249 e. The lowest BCUT2D eigenvalue weighted by atomic mass is 10.0. The summed E-state index contributed by atoms with van der Waals surface area (Å²) in [5.74, 6) is -0.916. The topological polar surface area (TPSA) is 95.6 Å². The van der Waals surface area contributed by atoms with Crippen LogP contribution in [0.4, 0.5) is 5.69 Å². The molecule has 2 N–H and O–H groups in total. The third-order valence-electron chi connectivity index (χ3n) is 4.09. The van der Waals surface area contributed by atoms with Gasteiger partial charge < -0.3 is 10.2 Å². The number of anilines is 1. The van der Waals surface area contributed by atoms with Crippen molar-refractivity contribution in [2.75, 3.05) is 5.32 Å². The molecular formula is C17H21N3O4. The van der Waals surface area contributed by atoms with Crippen molar-refractivity contribution >= 4 is 29.8 Å². The van der Waals surface area contributed by atoms with E-state index in [0.717, 1.165) is 11.1 Å². The molecular weight excluding hydrogens is 310 g/mol. The van der Waals surface area contributed by atoms with Gasteiger partial charge in [-0.25, -0.2) is 0 Å². The summed E-state index contributed by atoms with van der Waals surface area (Å²) in [6.45, 7) is 3.82. The smallest absolute Gasteiger partial charge is 0.249 e. The second-order valence-corrected chi connectivity index (χ2v) is 5.75. The molecule has 0 aromatic heterocycles. The maximum absolute atomic E-state index is 12.0. The van der Waals surface area contributed by atoms with E-state index in [1.165, 1.54) is 4.90 Å². The zero-order valence-corrected chi connectivity index (χ0v) is 13.8. The molecule has 128 valence electrons. The fraction of sp³-hybridized carbons (Fsp3) is 0.412. The second kappa shape index (κ2) is 7.72. The van der Waals surface area contributed by atoms with Gasteiger partial charge in [0.2, 0.25) is 24.1 Å². The van der Waals surface area contributed by atoms with Crippen molar-refractivity contribution < 1.29 is 19.2 Å². The Bertz CT molecular complexity index is 672. The first-order valence-electron chi connectivity index (χ1n) is 7.89. The number of hydrogen-bond acceptors (Lipinski definition) is 4. The van der Waals surface area contributed by atoms with Crippen LogP contribution >= 0.6 is 0 Å². The molecule has 1 aromatic rings. The van der Waals surface area contributed by atoms with Gasteiger partial charge >= 0.3 is 0 Å². The molecule has 0 spiro atoms. The van der Waals surface area contributed by atoms with Crippen molar-refractivity contribution in [3.05, 3.63) is 29.3 Å². The molecule has 7 heteroatoms. The third-order valence-corrected chi connectivity index (χ3v) is 4.09. The van der Waals surface area contributed by atoms with Crippen LogP contribution in [0, 0.1) is 6.92 Å². The molecule has 1 aromatic carbocycles. The number of carbonyl (C=O) groups excluding carboxylic acids is 4. The van der Waals surface area contributed by atoms with Gasteiger partial charge in [-0.1, -0.05) is 19.1 Å². The predicted octanol–water partition coefficient (Wildman–Crippen LogP) is 1.11. The van der Waals surface area contributed by atoms with E-state index in [4.69, 9.17) is 0 Å². The summed E-state index contributed by atoms with van der Waals surface area (Å²) < 4.78 is 0. The Hall–Kier alpha value is -2.70. The van der Waals surface area contributed by atoms with Crippen LogP contribution in [0.1, 0.15) is 37.3 Å². The SMILES string of the molecule is CCC(=O)Nc1cccc(C)c1CN(C=O)C1CCC(=O)NC1=O. The monoisotopic (exact) mass is 331 g/mol. The van der Waals surface area contributed by atoms with E-state index in [0.29, 0.717) is 24.9 Å². The Morgan fingerprint density at radius 1 is 1.42 bits per heavy atom. The van der Waals surface area contributed by atoms with Gasteiger partial charge in [0.05, 0.1) is 0 Å². The number of rotatable bonds is 6. The van der Waals surface area contributed by atoms with E-state index >= 15 is 0 Å². The average Bonchev–Trinajstić information content (AvgIpc) is 2.55. The minimum absolute atomic E-state index is 0.125. The molecule has 4 amide bonds. The first-order valence-corrected chi connectivity index (χ1v) is 7.89. The molecule has 0 saturated carbocycles. The van der Waals surface area contributed by atoms with Gasteiger partial charge in [-0.2, -0.15) is 0 Å². The van der Waals surface area contributed by atoms with Crippen molar-refractivity contribution in [2.45, 2.75) is 45.7 Å². The summed E-state index contributed by atoms with van der Waals surface area (Å²) in [4.78, 5) is 47.8. The van der Waals surface area contributed by atoms with E-state index in [9.17, 15) is 19.2 Å². The van der Waals surface area contributed by atoms with E-state index in [-0.39, 0.29) is 24.8 Å². The van der Waals surface area contributed by atoms with Gasteiger partial charge in [0, 0.05) is 25.1 Å². The van der Waals surface area contributed by atoms with Crippen LogP contribution in [0.25, 0.3) is 0 Å². The van der Waals surface area contributed by atoms with Gasteiger partial charge in [0.25, 0.3) is 0 Å². The lowest BCUT2D eigenvalue weighted by molar-refractivity contribution is -0.141. The number of piperidine rings is 1. The zero-order valence-electron chi connectivity index (χ0n) is 13.8. The van der Waals surface area contributed by atoms with E-state index in [1.54, 1.807) is 13.0 Å². The Morgan fingerprint density at radius 2 is 2.17 bits per heavy atom. The number of amides is 4. The summed E-state index contributed by atoms with van der Waals surface area (Å²) in [5.41, 5.74) is 2.31. The van der Waals surface area contributed by atoms with Gasteiger partial charge in [-0.05, 0) is 30.5 Å². The standard InChI is InChI=1S/C17H21N3O4/c1-3-15(22)18-13-6-4-5-11(2)12(13)9-20(10-21)14-7-8-16(23)19-17(14)24/h4-6,10,14H,3,7-9H2,1-2H3,(H,18,22)(H,19,23,24). The lowest BCUT2D eigenvalue weighted by Crippen LogP contribution is -2.51. The minimum atomic E-state index is -0.686. The summed E-state index contributed by atoms with van der Waals surface area (Å²) in [6.07, 6.45) is 1.45. The number of benzene rings is 1. The first-order chi connectivity index (χ1) is 11.5. The van der Waals surface area contributed by atoms with Crippen LogP contribution in [0.5, 0.6) is 0 Å². The van der Waals surface area contributed by atoms with Gasteiger partial charge in [-0.15, -0.1) is 0 Å². The molecule has 0 bridgehead atoms. The molecule has 7 nitrogen and oxygen atoms in total. The Kier molecular flexibility index (Phi) is 5.68. The van der Waals surface area contributed by atoms with Crippen molar-refractivity contribution in [3.63, 3.8) is 0 Å². The highest BCUT2D eigenvalue weighted by Crippen LogP contribution is 2.23. The van der Waals surface area contributed by atoms with Crippen LogP contribution in [0.3, 0.4) is 0 Å². The van der Waals surface area contributed by atoms with Gasteiger partial charge in [-0.3, -0.25) is 24.5 Å². The molecule has 1 heterocycles. The first kappa shape index (κ1) is 17.7. The summed E-state index contributed by atoms with van der Waals surface area (Å²) in [6, 6.07) is 4.78.